The van der Waals surface area contributed by atoms with E-state index in [0.29, 0.717) is 5.75 Å². The first-order valence-electron chi connectivity index (χ1n) is 5.38. The van der Waals surface area contributed by atoms with E-state index in [1.54, 1.807) is 0 Å². The van der Waals surface area contributed by atoms with Gasteiger partial charge in [-0.15, -0.1) is 0 Å². The zero-order valence-corrected chi connectivity index (χ0v) is 13.6. The molecule has 6 heteroatoms. The van der Waals surface area contributed by atoms with Gasteiger partial charge < -0.3 is 16.9 Å². The van der Waals surface area contributed by atoms with Gasteiger partial charge in [-0.05, 0) is 16.4 Å². The van der Waals surface area contributed by atoms with Gasteiger partial charge in [0, 0.05) is 17.6 Å². The van der Waals surface area contributed by atoms with Crippen LogP contribution in [-0.2, 0) is 21.2 Å². The molecule has 0 radical (unpaired) electrons. The number of quaternary nitrogens is 1. The minimum absolute atomic E-state index is 0. The van der Waals surface area contributed by atoms with E-state index >= 15 is 0 Å². The molecule has 0 spiro atoms. The highest BCUT2D eigenvalue weighted by Gasteiger charge is 2.08. The van der Waals surface area contributed by atoms with Crippen molar-refractivity contribution < 1.29 is 25.3 Å². The zero-order chi connectivity index (χ0) is 13.1. The van der Waals surface area contributed by atoms with E-state index in [1.807, 2.05) is 12.1 Å². The monoisotopic (exact) mass is 309 g/mol. The molecule has 0 amide bonds. The molecule has 0 aliphatic heterocycles. The van der Waals surface area contributed by atoms with Crippen molar-refractivity contribution in [3.8, 4) is 0 Å². The number of halogens is 1. The maximum absolute atomic E-state index is 11.0. The standard InChI is InChI=1S/C12H20NO2S2.ClH/c1-13(2,3)9-11-5-7-12(8-6-11)10-16-17(4,14)15;/h5-8H,9-10H2,1-4H3;1H/q+1;/p-1. The van der Waals surface area contributed by atoms with Crippen LogP contribution in [0, 0.1) is 0 Å². The van der Waals surface area contributed by atoms with Gasteiger partial charge in [0.25, 0.3) is 0 Å². The Morgan fingerprint density at radius 3 is 1.89 bits per heavy atom. The predicted molar refractivity (Wildman–Crippen MR) is 74.3 cm³/mol. The van der Waals surface area contributed by atoms with Crippen molar-refractivity contribution in [3.05, 3.63) is 35.4 Å². The van der Waals surface area contributed by atoms with Gasteiger partial charge in [0.2, 0.25) is 0 Å². The summed E-state index contributed by atoms with van der Waals surface area (Å²) in [5, 5.41) is 0. The average molecular weight is 310 g/mol. The largest absolute Gasteiger partial charge is 1.00 e. The summed E-state index contributed by atoms with van der Waals surface area (Å²) in [6, 6.07) is 8.15. The van der Waals surface area contributed by atoms with E-state index in [0.717, 1.165) is 27.4 Å². The van der Waals surface area contributed by atoms with Crippen molar-refractivity contribution in [2.45, 2.75) is 12.3 Å². The molecule has 18 heavy (non-hydrogen) atoms. The first-order valence-corrected chi connectivity index (χ1v) is 8.78. The Hall–Kier alpha value is -0.230. The van der Waals surface area contributed by atoms with E-state index in [2.05, 4.69) is 33.3 Å². The molecule has 0 bridgehead atoms. The predicted octanol–water partition coefficient (Wildman–Crippen LogP) is -0.910. The van der Waals surface area contributed by atoms with Crippen LogP contribution in [0.25, 0.3) is 0 Å². The third kappa shape index (κ3) is 7.97. The van der Waals surface area contributed by atoms with Gasteiger partial charge in [-0.2, -0.15) is 0 Å². The smallest absolute Gasteiger partial charge is 0.199 e. The van der Waals surface area contributed by atoms with E-state index in [1.165, 1.54) is 11.8 Å². The summed E-state index contributed by atoms with van der Waals surface area (Å²) in [7, 11) is 4.47. The lowest BCUT2D eigenvalue weighted by atomic mass is 10.1. The normalized spacial score (nSPS) is 12.0. The summed E-state index contributed by atoms with van der Waals surface area (Å²) < 4.78 is 22.9. The quantitative estimate of drug-likeness (QED) is 0.522. The van der Waals surface area contributed by atoms with Gasteiger partial charge >= 0.3 is 0 Å². The Balaban J connectivity index is 0.00000289. The van der Waals surface area contributed by atoms with Crippen molar-refractivity contribution in [2.24, 2.45) is 0 Å². The van der Waals surface area contributed by atoms with E-state index in [-0.39, 0.29) is 12.4 Å². The van der Waals surface area contributed by atoms with Crippen molar-refractivity contribution in [1.82, 2.24) is 0 Å². The minimum atomic E-state index is -2.95. The summed E-state index contributed by atoms with van der Waals surface area (Å²) in [6.45, 7) is 0.972. The molecular weight excluding hydrogens is 290 g/mol. The lowest BCUT2D eigenvalue weighted by molar-refractivity contribution is -0.884. The van der Waals surface area contributed by atoms with Crippen molar-refractivity contribution in [2.75, 3.05) is 27.4 Å². The first-order chi connectivity index (χ1) is 7.66. The van der Waals surface area contributed by atoms with Crippen LogP contribution < -0.4 is 12.4 Å². The fraction of sp³-hybridized carbons (Fsp3) is 0.500. The molecule has 0 aliphatic carbocycles. The molecule has 0 N–H and O–H groups in total. The molecular formula is C12H20ClNO2S2. The molecule has 0 atom stereocenters. The Morgan fingerprint density at radius 1 is 1.06 bits per heavy atom. The molecule has 0 aliphatic rings. The molecule has 0 unspecified atom stereocenters. The molecule has 0 fully saturated rings. The van der Waals surface area contributed by atoms with Gasteiger partial charge in [-0.1, -0.05) is 24.3 Å². The van der Waals surface area contributed by atoms with Gasteiger partial charge in [-0.25, -0.2) is 8.42 Å². The number of hydrogen-bond donors (Lipinski definition) is 0. The van der Waals surface area contributed by atoms with Gasteiger partial charge in [0.15, 0.2) is 8.87 Å². The van der Waals surface area contributed by atoms with E-state index in [9.17, 15) is 8.42 Å². The first kappa shape index (κ1) is 17.8. The lowest BCUT2D eigenvalue weighted by Crippen LogP contribution is -3.00. The highest BCUT2D eigenvalue weighted by molar-refractivity contribution is 8.71. The highest BCUT2D eigenvalue weighted by Crippen LogP contribution is 2.18. The minimum Gasteiger partial charge on any atom is -1.00 e. The SMILES string of the molecule is C[N+](C)(C)Cc1ccc(CSS(C)(=O)=O)cc1.[Cl-]. The van der Waals surface area contributed by atoms with Crippen LogP contribution >= 0.6 is 10.8 Å². The molecule has 104 valence electrons. The second kappa shape index (κ2) is 6.80. The average Bonchev–Trinajstić information content (AvgIpc) is 2.13. The van der Waals surface area contributed by atoms with Crippen LogP contribution in [-0.4, -0.2) is 40.3 Å². The van der Waals surface area contributed by atoms with Crippen LogP contribution in [0.4, 0.5) is 0 Å². The maximum atomic E-state index is 11.0. The van der Waals surface area contributed by atoms with E-state index < -0.39 is 8.87 Å². The molecule has 1 aromatic rings. The van der Waals surface area contributed by atoms with Crippen LogP contribution in [0.1, 0.15) is 11.1 Å². The topological polar surface area (TPSA) is 34.1 Å². The van der Waals surface area contributed by atoms with Gasteiger partial charge in [0.05, 0.1) is 21.1 Å². The van der Waals surface area contributed by atoms with E-state index in [4.69, 9.17) is 0 Å². The van der Waals surface area contributed by atoms with Crippen LogP contribution in [0.5, 0.6) is 0 Å². The van der Waals surface area contributed by atoms with Gasteiger partial charge in [0.1, 0.15) is 6.54 Å². The molecule has 0 heterocycles. The Bertz CT molecular complexity index is 464. The maximum Gasteiger partial charge on any atom is 0.199 e. The second-order valence-electron chi connectivity index (χ2n) is 5.23. The summed E-state index contributed by atoms with van der Waals surface area (Å²) in [5.74, 6) is 0.517. The Labute approximate surface area is 120 Å². The summed E-state index contributed by atoms with van der Waals surface area (Å²) in [5.41, 5.74) is 2.32. The molecule has 0 saturated carbocycles. The molecule has 3 nitrogen and oxygen atoms in total. The van der Waals surface area contributed by atoms with Gasteiger partial charge in [-0.3, -0.25) is 0 Å². The third-order valence-electron chi connectivity index (χ3n) is 2.12. The molecule has 1 rings (SSSR count). The molecule has 1 aromatic carbocycles. The van der Waals surface area contributed by atoms with Crippen molar-refractivity contribution in [1.29, 1.82) is 0 Å². The summed E-state index contributed by atoms with van der Waals surface area (Å²) >= 11 is 0. The fourth-order valence-electron chi connectivity index (χ4n) is 1.46. The highest BCUT2D eigenvalue weighted by atomic mass is 35.5. The zero-order valence-electron chi connectivity index (χ0n) is 11.2. The van der Waals surface area contributed by atoms with Crippen LogP contribution in [0.2, 0.25) is 0 Å². The van der Waals surface area contributed by atoms with Crippen molar-refractivity contribution >= 4 is 19.7 Å². The Kier molecular flexibility index (Phi) is 6.71. The Morgan fingerprint density at radius 2 is 1.50 bits per heavy atom. The summed E-state index contributed by atoms with van der Waals surface area (Å²) in [4.78, 5) is 0. The number of rotatable bonds is 5. The second-order valence-corrected chi connectivity index (χ2v) is 9.69. The number of nitrogens with zero attached hydrogens (tertiary/aromatic N) is 1. The van der Waals surface area contributed by atoms with Crippen LogP contribution in [0.15, 0.2) is 24.3 Å². The van der Waals surface area contributed by atoms with Crippen molar-refractivity contribution in [3.63, 3.8) is 0 Å². The fourth-order valence-corrected chi connectivity index (χ4v) is 3.06. The summed E-state index contributed by atoms with van der Waals surface area (Å²) in [6.07, 6.45) is 1.24. The number of hydrogen-bond acceptors (Lipinski definition) is 3. The lowest BCUT2D eigenvalue weighted by Gasteiger charge is -2.23. The molecule has 0 aromatic heterocycles. The van der Waals surface area contributed by atoms with Crippen LogP contribution in [0.3, 0.4) is 0 Å². The molecule has 0 saturated heterocycles. The third-order valence-corrected chi connectivity index (χ3v) is 4.64. The number of benzene rings is 1.